The Kier molecular flexibility index (Phi) is 11.0. The zero-order valence-corrected chi connectivity index (χ0v) is 20.6. The first kappa shape index (κ1) is 29.3. The van der Waals surface area contributed by atoms with E-state index in [1.54, 1.807) is 0 Å². The van der Waals surface area contributed by atoms with E-state index in [0.29, 0.717) is 0 Å². The predicted molar refractivity (Wildman–Crippen MR) is 128 cm³/mol. The summed E-state index contributed by atoms with van der Waals surface area (Å²) in [5.74, 6) is -0.613. The van der Waals surface area contributed by atoms with Crippen LogP contribution in [0.5, 0.6) is 0 Å². The van der Waals surface area contributed by atoms with Crippen LogP contribution in [0.3, 0.4) is 0 Å². The summed E-state index contributed by atoms with van der Waals surface area (Å²) in [5, 5.41) is 36.3. The molecule has 12 nitrogen and oxygen atoms in total. The Morgan fingerprint density at radius 3 is 2.16 bits per heavy atom. The quantitative estimate of drug-likeness (QED) is 0.175. The van der Waals surface area contributed by atoms with Crippen molar-refractivity contribution in [3.63, 3.8) is 0 Å². The SMILES string of the molecule is CCCCc1cccc2c1C(C)=CC2C(OC(=O)O)C(CCCC(COC(=O)O)OC(=O)O)OC(=O)O. The van der Waals surface area contributed by atoms with E-state index in [1.165, 1.54) is 0 Å². The van der Waals surface area contributed by atoms with Crippen LogP contribution in [0.25, 0.3) is 5.57 Å². The van der Waals surface area contributed by atoms with Crippen molar-refractivity contribution in [2.24, 2.45) is 0 Å². The molecule has 0 aromatic heterocycles. The van der Waals surface area contributed by atoms with Crippen molar-refractivity contribution in [3.8, 4) is 0 Å². The molecule has 0 bridgehead atoms. The van der Waals surface area contributed by atoms with Gasteiger partial charge >= 0.3 is 24.6 Å². The van der Waals surface area contributed by atoms with E-state index in [2.05, 4.69) is 16.4 Å². The van der Waals surface area contributed by atoms with Crippen molar-refractivity contribution in [3.05, 3.63) is 41.0 Å². The Morgan fingerprint density at radius 2 is 1.57 bits per heavy atom. The smallest absolute Gasteiger partial charge is 0.450 e. The van der Waals surface area contributed by atoms with Crippen LogP contribution in [-0.4, -0.2) is 70.0 Å². The molecule has 1 aromatic carbocycles. The number of rotatable bonds is 14. The summed E-state index contributed by atoms with van der Waals surface area (Å²) in [6.45, 7) is 3.42. The summed E-state index contributed by atoms with van der Waals surface area (Å²) in [7, 11) is 0. The monoisotopic (exact) mass is 524 g/mol. The van der Waals surface area contributed by atoms with E-state index in [-0.39, 0.29) is 19.3 Å². The number of benzene rings is 1. The molecule has 12 heteroatoms. The van der Waals surface area contributed by atoms with Gasteiger partial charge in [0.25, 0.3) is 0 Å². The zero-order chi connectivity index (χ0) is 27.5. The first-order chi connectivity index (χ1) is 17.5. The van der Waals surface area contributed by atoms with Crippen molar-refractivity contribution in [2.75, 3.05) is 6.61 Å². The Hall–Kier alpha value is -3.96. The fourth-order valence-corrected chi connectivity index (χ4v) is 4.61. The lowest BCUT2D eigenvalue weighted by Gasteiger charge is -2.30. The minimum absolute atomic E-state index is 0.0316. The third-order valence-corrected chi connectivity index (χ3v) is 6.05. The van der Waals surface area contributed by atoms with Gasteiger partial charge in [-0.15, -0.1) is 0 Å². The lowest BCUT2D eigenvalue weighted by molar-refractivity contribution is -0.0507. The largest absolute Gasteiger partial charge is 0.506 e. The number of aryl methyl sites for hydroxylation is 1. The zero-order valence-electron chi connectivity index (χ0n) is 20.6. The lowest BCUT2D eigenvalue weighted by Crippen LogP contribution is -2.39. The Bertz CT molecular complexity index is 1000. The highest BCUT2D eigenvalue weighted by atomic mass is 16.7. The maximum atomic E-state index is 11.6. The molecule has 0 spiro atoms. The number of carboxylic acid groups (broad SMARTS) is 4. The molecular formula is C25H32O12. The number of hydrogen-bond acceptors (Lipinski definition) is 8. The number of ether oxygens (including phenoxy) is 4. The van der Waals surface area contributed by atoms with Crippen LogP contribution >= 0.6 is 0 Å². The van der Waals surface area contributed by atoms with E-state index in [0.717, 1.165) is 41.5 Å². The first-order valence-corrected chi connectivity index (χ1v) is 11.9. The first-order valence-electron chi connectivity index (χ1n) is 11.9. The second kappa shape index (κ2) is 14.0. The summed E-state index contributed by atoms with van der Waals surface area (Å²) in [6.07, 6.45) is -5.43. The second-order valence-corrected chi connectivity index (χ2v) is 8.64. The number of carbonyl (C=O) groups is 4. The summed E-state index contributed by atoms with van der Waals surface area (Å²) in [6, 6.07) is 5.72. The van der Waals surface area contributed by atoms with Crippen LogP contribution in [0.15, 0.2) is 24.3 Å². The highest BCUT2D eigenvalue weighted by molar-refractivity contribution is 5.76. The molecule has 0 radical (unpaired) electrons. The molecule has 4 N–H and O–H groups in total. The molecule has 0 saturated heterocycles. The van der Waals surface area contributed by atoms with Crippen LogP contribution in [0.2, 0.25) is 0 Å². The van der Waals surface area contributed by atoms with Crippen LogP contribution in [0.1, 0.15) is 68.6 Å². The summed E-state index contributed by atoms with van der Waals surface area (Å²) < 4.78 is 19.3. The maximum absolute atomic E-state index is 11.6. The fraction of sp³-hybridized carbons (Fsp3) is 0.520. The van der Waals surface area contributed by atoms with Gasteiger partial charge in [-0.05, 0) is 61.3 Å². The highest BCUT2D eigenvalue weighted by Crippen LogP contribution is 2.42. The fourth-order valence-electron chi connectivity index (χ4n) is 4.61. The third-order valence-electron chi connectivity index (χ3n) is 6.05. The van der Waals surface area contributed by atoms with Crippen LogP contribution in [0.4, 0.5) is 19.2 Å². The van der Waals surface area contributed by atoms with Gasteiger partial charge in [0.1, 0.15) is 18.8 Å². The molecule has 1 aromatic rings. The van der Waals surface area contributed by atoms with Gasteiger partial charge in [0.15, 0.2) is 6.10 Å². The molecule has 0 amide bonds. The van der Waals surface area contributed by atoms with Gasteiger partial charge in [0.2, 0.25) is 0 Å². The van der Waals surface area contributed by atoms with Crippen molar-refractivity contribution >= 4 is 30.2 Å². The molecule has 204 valence electrons. The van der Waals surface area contributed by atoms with Crippen molar-refractivity contribution in [2.45, 2.75) is 76.6 Å². The maximum Gasteiger partial charge on any atom is 0.506 e. The number of fused-ring (bicyclic) bond motifs is 1. The van der Waals surface area contributed by atoms with Crippen molar-refractivity contribution in [1.82, 2.24) is 0 Å². The van der Waals surface area contributed by atoms with Crippen LogP contribution < -0.4 is 0 Å². The normalized spacial score (nSPS) is 16.5. The van der Waals surface area contributed by atoms with Gasteiger partial charge in [-0.1, -0.05) is 37.6 Å². The van der Waals surface area contributed by atoms with Crippen LogP contribution in [-0.2, 0) is 25.4 Å². The van der Waals surface area contributed by atoms with E-state index in [1.807, 2.05) is 31.2 Å². The van der Waals surface area contributed by atoms with E-state index < -0.39 is 55.5 Å². The molecule has 0 aliphatic heterocycles. The number of allylic oxidation sites excluding steroid dienone is 1. The molecule has 0 fully saturated rings. The minimum atomic E-state index is -1.63. The van der Waals surface area contributed by atoms with Gasteiger partial charge in [0, 0.05) is 5.92 Å². The lowest BCUT2D eigenvalue weighted by atomic mass is 9.87. The molecule has 1 aliphatic rings. The molecule has 0 heterocycles. The molecular weight excluding hydrogens is 492 g/mol. The summed E-state index contributed by atoms with van der Waals surface area (Å²) in [4.78, 5) is 44.7. The van der Waals surface area contributed by atoms with E-state index in [4.69, 9.17) is 19.7 Å². The summed E-state index contributed by atoms with van der Waals surface area (Å²) in [5.41, 5.74) is 3.81. The highest BCUT2D eigenvalue weighted by Gasteiger charge is 2.39. The molecule has 4 unspecified atom stereocenters. The molecule has 37 heavy (non-hydrogen) atoms. The van der Waals surface area contributed by atoms with Gasteiger partial charge in [-0.3, -0.25) is 0 Å². The minimum Gasteiger partial charge on any atom is -0.450 e. The molecule has 0 saturated carbocycles. The molecule has 1 aliphatic carbocycles. The number of unbranched alkanes of at least 4 members (excludes halogenated alkanes) is 1. The average molecular weight is 525 g/mol. The third kappa shape index (κ3) is 8.89. The van der Waals surface area contributed by atoms with Crippen molar-refractivity contribution in [1.29, 1.82) is 0 Å². The average Bonchev–Trinajstić information content (AvgIpc) is 3.15. The summed E-state index contributed by atoms with van der Waals surface area (Å²) >= 11 is 0. The Balaban J connectivity index is 2.29. The molecule has 2 rings (SSSR count). The predicted octanol–water partition coefficient (Wildman–Crippen LogP) is 5.58. The Labute approximate surface area is 213 Å². The van der Waals surface area contributed by atoms with Crippen LogP contribution in [0, 0.1) is 0 Å². The van der Waals surface area contributed by atoms with Crippen molar-refractivity contribution < 1.29 is 58.6 Å². The number of hydrogen-bond donors (Lipinski definition) is 4. The van der Waals surface area contributed by atoms with Gasteiger partial charge in [0.05, 0.1) is 0 Å². The second-order valence-electron chi connectivity index (χ2n) is 8.64. The topological polar surface area (TPSA) is 186 Å². The van der Waals surface area contributed by atoms with Gasteiger partial charge < -0.3 is 39.4 Å². The molecule has 4 atom stereocenters. The van der Waals surface area contributed by atoms with E-state index >= 15 is 0 Å². The Morgan fingerprint density at radius 1 is 0.892 bits per heavy atom. The standard InChI is InChI=1S/C25H32O12/c1-3-4-7-15-8-5-10-17-18(12-14(2)20(15)17)21(37-25(32)33)19(36-24(30)31)11-6-9-16(35-23(28)29)13-34-22(26)27/h5,8,10,12,16,18-19,21H,3-4,6-7,9,11,13H2,1-2H3,(H,26,27)(H,28,29)(H,30,31)(H,32,33). The van der Waals surface area contributed by atoms with Gasteiger partial charge in [-0.25, -0.2) is 19.2 Å². The van der Waals surface area contributed by atoms with Gasteiger partial charge in [-0.2, -0.15) is 0 Å². The van der Waals surface area contributed by atoms with E-state index in [9.17, 15) is 29.4 Å².